The summed E-state index contributed by atoms with van der Waals surface area (Å²) in [5, 5.41) is 2.31. The first kappa shape index (κ1) is 22.4. The largest absolute Gasteiger partial charge is 0.490 e. The Hall–Kier alpha value is -2.88. The molecule has 0 aliphatic rings. The molecular formula is C19H25F2N5O3. The van der Waals surface area contributed by atoms with Crippen LogP contribution in [-0.4, -0.2) is 40.3 Å². The van der Waals surface area contributed by atoms with Crippen LogP contribution in [0.15, 0.2) is 24.4 Å². The smallest absolute Gasteiger partial charge is 0.413 e. The van der Waals surface area contributed by atoms with Crippen LogP contribution < -0.4 is 15.8 Å². The van der Waals surface area contributed by atoms with E-state index in [2.05, 4.69) is 25.0 Å². The van der Waals surface area contributed by atoms with Crippen molar-refractivity contribution in [2.24, 2.45) is 11.7 Å². The quantitative estimate of drug-likeness (QED) is 0.682. The van der Waals surface area contributed by atoms with Crippen molar-refractivity contribution in [2.45, 2.75) is 39.2 Å². The molecule has 8 nitrogen and oxygen atoms in total. The molecule has 0 aliphatic heterocycles. The number of alkyl halides is 2. The van der Waals surface area contributed by atoms with Crippen molar-refractivity contribution in [1.82, 2.24) is 15.0 Å². The summed E-state index contributed by atoms with van der Waals surface area (Å²) in [6.45, 7) is 5.94. The van der Waals surface area contributed by atoms with Crippen LogP contribution in [0.2, 0.25) is 0 Å². The fourth-order valence-corrected chi connectivity index (χ4v) is 2.82. The first-order valence-corrected chi connectivity index (χ1v) is 9.00. The van der Waals surface area contributed by atoms with Crippen LogP contribution in [0.4, 0.5) is 19.5 Å². The fraction of sp³-hybridized carbons (Fsp3) is 0.474. The van der Waals surface area contributed by atoms with Gasteiger partial charge < -0.3 is 15.2 Å². The van der Waals surface area contributed by atoms with E-state index >= 15 is 0 Å². The van der Waals surface area contributed by atoms with E-state index in [-0.39, 0.29) is 29.7 Å². The van der Waals surface area contributed by atoms with Crippen molar-refractivity contribution >= 4 is 12.0 Å². The number of halogens is 2. The second-order valence-electron chi connectivity index (χ2n) is 7.30. The van der Waals surface area contributed by atoms with Gasteiger partial charge in [0.15, 0.2) is 0 Å². The fourth-order valence-electron chi connectivity index (χ4n) is 2.82. The molecule has 0 fully saturated rings. The molecule has 2 rings (SSSR count). The molecule has 0 radical (unpaired) electrons. The average Bonchev–Trinajstić information content (AvgIpc) is 2.65. The van der Waals surface area contributed by atoms with Crippen molar-refractivity contribution in [3.63, 3.8) is 0 Å². The number of aromatic nitrogens is 3. The molecule has 0 bridgehead atoms. The summed E-state index contributed by atoms with van der Waals surface area (Å²) in [7, 11) is 1.20. The summed E-state index contributed by atoms with van der Waals surface area (Å²) in [5.74, 6) is 0.267. The van der Waals surface area contributed by atoms with Gasteiger partial charge in [0, 0.05) is 11.7 Å². The van der Waals surface area contributed by atoms with E-state index in [4.69, 9.17) is 10.5 Å². The Morgan fingerprint density at radius 2 is 1.93 bits per heavy atom. The number of nitrogens with zero attached hydrogens (tertiary/aromatic N) is 3. The zero-order chi connectivity index (χ0) is 21.6. The lowest BCUT2D eigenvalue weighted by Gasteiger charge is -2.27. The second-order valence-corrected chi connectivity index (χ2v) is 7.30. The van der Waals surface area contributed by atoms with E-state index in [1.54, 1.807) is 0 Å². The molecule has 0 aromatic carbocycles. The number of hydrogen-bond donors (Lipinski definition) is 2. The zero-order valence-electron chi connectivity index (χ0n) is 16.8. The topological polar surface area (TPSA) is 112 Å². The van der Waals surface area contributed by atoms with Crippen LogP contribution in [0.5, 0.6) is 5.75 Å². The highest BCUT2D eigenvalue weighted by Gasteiger charge is 2.24. The van der Waals surface area contributed by atoms with E-state index in [1.165, 1.54) is 31.5 Å². The standard InChI is InChI=1S/C19H25F2N5O3/c1-11(2)9-19(3,22)10-29-14-6-5-12(24-15(14)16(20)21)13-7-8-23-17(25-13)26-18(27)28-4/h5-8,11,16H,9-10,22H2,1-4H3,(H,23,25,26,27)/t19-/m0/s1. The van der Waals surface area contributed by atoms with Gasteiger partial charge in [0.05, 0.1) is 18.5 Å². The van der Waals surface area contributed by atoms with Gasteiger partial charge in [0.2, 0.25) is 5.95 Å². The summed E-state index contributed by atoms with van der Waals surface area (Å²) in [6, 6.07) is 4.40. The maximum Gasteiger partial charge on any atom is 0.413 e. The third-order valence-electron chi connectivity index (χ3n) is 3.84. The molecule has 3 N–H and O–H groups in total. The number of carbonyl (C=O) groups is 1. The maximum absolute atomic E-state index is 13.6. The van der Waals surface area contributed by atoms with Gasteiger partial charge in [-0.3, -0.25) is 5.32 Å². The number of anilines is 1. The van der Waals surface area contributed by atoms with Gasteiger partial charge in [-0.15, -0.1) is 0 Å². The first-order valence-electron chi connectivity index (χ1n) is 9.00. The van der Waals surface area contributed by atoms with Gasteiger partial charge in [-0.05, 0) is 37.5 Å². The molecule has 29 heavy (non-hydrogen) atoms. The highest BCUT2D eigenvalue weighted by molar-refractivity contribution is 5.82. The number of ether oxygens (including phenoxy) is 2. The van der Waals surface area contributed by atoms with Gasteiger partial charge in [0.25, 0.3) is 6.43 Å². The number of nitrogens with one attached hydrogen (secondary N) is 1. The third-order valence-corrected chi connectivity index (χ3v) is 3.84. The number of pyridine rings is 1. The van der Waals surface area contributed by atoms with E-state index in [9.17, 15) is 13.6 Å². The molecule has 1 atom stereocenters. The van der Waals surface area contributed by atoms with E-state index < -0.39 is 23.8 Å². The molecule has 0 aliphatic carbocycles. The number of methoxy groups -OCH3 is 1. The van der Waals surface area contributed by atoms with Gasteiger partial charge in [0.1, 0.15) is 18.1 Å². The Kier molecular flexibility index (Phi) is 7.38. The van der Waals surface area contributed by atoms with Crippen LogP contribution in [0, 0.1) is 5.92 Å². The Balaban J connectivity index is 2.26. The van der Waals surface area contributed by atoms with Crippen LogP contribution in [0.25, 0.3) is 11.4 Å². The van der Waals surface area contributed by atoms with Gasteiger partial charge in [-0.2, -0.15) is 0 Å². The van der Waals surface area contributed by atoms with Gasteiger partial charge in [-0.1, -0.05) is 13.8 Å². The summed E-state index contributed by atoms with van der Waals surface area (Å²) in [6.07, 6.45) is -1.56. The number of carbonyl (C=O) groups excluding carboxylic acids is 1. The van der Waals surface area contributed by atoms with Crippen molar-refractivity contribution in [1.29, 1.82) is 0 Å². The molecule has 0 saturated heterocycles. The van der Waals surface area contributed by atoms with Crippen LogP contribution in [0.1, 0.15) is 39.3 Å². The first-order chi connectivity index (χ1) is 13.6. The lowest BCUT2D eigenvalue weighted by atomic mass is 9.93. The summed E-state index contributed by atoms with van der Waals surface area (Å²) in [5.41, 5.74) is 5.45. The third kappa shape index (κ3) is 6.60. The van der Waals surface area contributed by atoms with Crippen molar-refractivity contribution in [2.75, 3.05) is 19.0 Å². The summed E-state index contributed by atoms with van der Waals surface area (Å²) < 4.78 is 37.2. The number of amides is 1. The minimum Gasteiger partial charge on any atom is -0.490 e. The Morgan fingerprint density at radius 3 is 2.55 bits per heavy atom. The lowest BCUT2D eigenvalue weighted by molar-refractivity contribution is 0.134. The van der Waals surface area contributed by atoms with Crippen LogP contribution >= 0.6 is 0 Å². The second kappa shape index (κ2) is 9.55. The predicted molar refractivity (Wildman–Crippen MR) is 104 cm³/mol. The number of rotatable bonds is 8. The lowest BCUT2D eigenvalue weighted by Crippen LogP contribution is -2.43. The SMILES string of the molecule is COC(=O)Nc1nccc(-c2ccc(OC[C@@](C)(N)CC(C)C)c(C(F)F)n2)n1. The molecule has 0 saturated carbocycles. The maximum atomic E-state index is 13.6. The average molecular weight is 409 g/mol. The van der Waals surface area contributed by atoms with Crippen molar-refractivity contribution in [3.05, 3.63) is 30.1 Å². The molecule has 0 spiro atoms. The van der Waals surface area contributed by atoms with Crippen LogP contribution in [-0.2, 0) is 4.74 Å². The van der Waals surface area contributed by atoms with Crippen molar-refractivity contribution < 1.29 is 23.0 Å². The Bertz CT molecular complexity index is 846. The van der Waals surface area contributed by atoms with E-state index in [0.29, 0.717) is 12.3 Å². The molecule has 2 aromatic rings. The van der Waals surface area contributed by atoms with Crippen molar-refractivity contribution in [3.8, 4) is 17.1 Å². The highest BCUT2D eigenvalue weighted by Crippen LogP contribution is 2.30. The molecule has 158 valence electrons. The normalized spacial score (nSPS) is 13.3. The molecule has 0 unspecified atom stereocenters. The summed E-state index contributed by atoms with van der Waals surface area (Å²) in [4.78, 5) is 23.2. The number of hydrogen-bond acceptors (Lipinski definition) is 7. The number of nitrogens with two attached hydrogens (primary N) is 1. The molecule has 10 heteroatoms. The Labute approximate surface area is 167 Å². The minimum atomic E-state index is -2.85. The van der Waals surface area contributed by atoms with E-state index in [0.717, 1.165) is 0 Å². The Morgan fingerprint density at radius 1 is 1.24 bits per heavy atom. The molecule has 1 amide bonds. The summed E-state index contributed by atoms with van der Waals surface area (Å²) >= 11 is 0. The predicted octanol–water partition coefficient (Wildman–Crippen LogP) is 3.80. The zero-order valence-corrected chi connectivity index (χ0v) is 16.8. The molecule has 2 aromatic heterocycles. The molecular weight excluding hydrogens is 384 g/mol. The molecule has 2 heterocycles. The monoisotopic (exact) mass is 409 g/mol. The van der Waals surface area contributed by atoms with Crippen LogP contribution in [0.3, 0.4) is 0 Å². The minimum absolute atomic E-state index is 0.0360. The van der Waals surface area contributed by atoms with Gasteiger partial charge >= 0.3 is 6.09 Å². The van der Waals surface area contributed by atoms with Gasteiger partial charge in [-0.25, -0.2) is 28.5 Å². The van der Waals surface area contributed by atoms with E-state index in [1.807, 2.05) is 20.8 Å². The highest BCUT2D eigenvalue weighted by atomic mass is 19.3.